The smallest absolute Gasteiger partial charge is 0.387 e. The maximum atomic E-state index is 13.3. The standard InChI is InChI=1S/C22H19F3N2O2/c1-12-3-2-4-16-17(10-20(22(23,24)25)27-21(12)16)19(29)11-26-14-6-7-15-13(9-14)5-8-18(15)28/h2-4,6-7,9-10,19,26,29H,5,8,11H2,1H3. The second-order valence-corrected chi connectivity index (χ2v) is 7.26. The number of nitrogens with one attached hydrogen (secondary N) is 1. The van der Waals surface area contributed by atoms with Gasteiger partial charge in [0.05, 0.1) is 11.6 Å². The van der Waals surface area contributed by atoms with E-state index < -0.39 is 18.0 Å². The molecule has 4 nitrogen and oxygen atoms in total. The van der Waals surface area contributed by atoms with E-state index in [9.17, 15) is 23.1 Å². The van der Waals surface area contributed by atoms with Crippen LogP contribution < -0.4 is 5.32 Å². The zero-order valence-corrected chi connectivity index (χ0v) is 15.7. The van der Waals surface area contributed by atoms with E-state index in [0.29, 0.717) is 35.0 Å². The monoisotopic (exact) mass is 400 g/mol. The summed E-state index contributed by atoms with van der Waals surface area (Å²) in [5, 5.41) is 14.2. The maximum absolute atomic E-state index is 13.3. The molecule has 0 amide bonds. The zero-order chi connectivity index (χ0) is 20.8. The third-order valence-electron chi connectivity index (χ3n) is 5.25. The number of carbonyl (C=O) groups excluding carboxylic acids is 1. The molecule has 1 heterocycles. The van der Waals surface area contributed by atoms with Gasteiger partial charge in [-0.25, -0.2) is 4.98 Å². The number of anilines is 1. The number of hydrogen-bond acceptors (Lipinski definition) is 4. The van der Waals surface area contributed by atoms with Crippen LogP contribution in [-0.4, -0.2) is 22.4 Å². The molecule has 1 unspecified atom stereocenters. The Morgan fingerprint density at radius 2 is 1.97 bits per heavy atom. The Morgan fingerprint density at radius 3 is 2.72 bits per heavy atom. The Morgan fingerprint density at radius 1 is 1.17 bits per heavy atom. The second kappa shape index (κ2) is 7.15. The quantitative estimate of drug-likeness (QED) is 0.658. The van der Waals surface area contributed by atoms with Crippen molar-refractivity contribution in [1.82, 2.24) is 4.98 Å². The highest BCUT2D eigenvalue weighted by atomic mass is 19.4. The van der Waals surface area contributed by atoms with Crippen LogP contribution >= 0.6 is 0 Å². The third-order valence-corrected chi connectivity index (χ3v) is 5.25. The molecule has 0 fully saturated rings. The number of aryl methyl sites for hydroxylation is 2. The molecule has 2 N–H and O–H groups in total. The molecule has 0 bridgehead atoms. The van der Waals surface area contributed by atoms with E-state index in [0.717, 1.165) is 11.6 Å². The minimum Gasteiger partial charge on any atom is -0.387 e. The van der Waals surface area contributed by atoms with Gasteiger partial charge in [0.15, 0.2) is 5.78 Å². The number of pyridine rings is 1. The van der Waals surface area contributed by atoms with Crippen LogP contribution in [0.25, 0.3) is 10.9 Å². The van der Waals surface area contributed by atoms with Gasteiger partial charge in [-0.05, 0) is 54.3 Å². The van der Waals surface area contributed by atoms with Crippen LogP contribution in [0.15, 0.2) is 42.5 Å². The predicted octanol–water partition coefficient (Wildman–Crippen LogP) is 4.84. The fourth-order valence-corrected chi connectivity index (χ4v) is 3.73. The molecule has 0 radical (unpaired) electrons. The zero-order valence-electron chi connectivity index (χ0n) is 15.7. The normalized spacial score (nSPS) is 14.9. The average molecular weight is 400 g/mol. The van der Waals surface area contributed by atoms with Crippen molar-refractivity contribution >= 4 is 22.4 Å². The number of ketones is 1. The van der Waals surface area contributed by atoms with Crippen molar-refractivity contribution in [3.63, 3.8) is 0 Å². The van der Waals surface area contributed by atoms with Crippen molar-refractivity contribution in [2.45, 2.75) is 32.0 Å². The average Bonchev–Trinajstić information content (AvgIpc) is 3.05. The first-order chi connectivity index (χ1) is 13.7. The fourth-order valence-electron chi connectivity index (χ4n) is 3.73. The van der Waals surface area contributed by atoms with Gasteiger partial charge in [-0.2, -0.15) is 13.2 Å². The number of benzene rings is 2. The van der Waals surface area contributed by atoms with Crippen LogP contribution in [-0.2, 0) is 12.6 Å². The highest BCUT2D eigenvalue weighted by Crippen LogP contribution is 2.34. The number of rotatable bonds is 4. The molecule has 3 aromatic rings. The topological polar surface area (TPSA) is 62.2 Å². The van der Waals surface area contributed by atoms with Crippen molar-refractivity contribution in [1.29, 1.82) is 0 Å². The van der Waals surface area contributed by atoms with Gasteiger partial charge in [-0.3, -0.25) is 4.79 Å². The highest BCUT2D eigenvalue weighted by molar-refractivity contribution is 6.00. The fraction of sp³-hybridized carbons (Fsp3) is 0.273. The minimum absolute atomic E-state index is 0.0249. The Labute approximate surface area is 165 Å². The lowest BCUT2D eigenvalue weighted by atomic mass is 10.00. The van der Waals surface area contributed by atoms with E-state index in [1.165, 1.54) is 0 Å². The van der Waals surface area contributed by atoms with Gasteiger partial charge in [0.25, 0.3) is 0 Å². The Hall–Kier alpha value is -2.93. The van der Waals surface area contributed by atoms with Crippen molar-refractivity contribution in [2.75, 3.05) is 11.9 Å². The number of hydrogen-bond donors (Lipinski definition) is 2. The van der Waals surface area contributed by atoms with E-state index in [4.69, 9.17) is 0 Å². The van der Waals surface area contributed by atoms with Crippen molar-refractivity contribution in [2.24, 2.45) is 0 Å². The van der Waals surface area contributed by atoms with Gasteiger partial charge in [-0.15, -0.1) is 0 Å². The number of para-hydroxylation sites is 1. The Bertz CT molecular complexity index is 1110. The lowest BCUT2D eigenvalue weighted by Gasteiger charge is -2.18. The number of aliphatic hydroxyl groups excluding tert-OH is 1. The molecule has 0 aliphatic heterocycles. The van der Waals surface area contributed by atoms with E-state index in [1.54, 1.807) is 37.3 Å². The van der Waals surface area contributed by atoms with Gasteiger partial charge in [0.1, 0.15) is 5.69 Å². The largest absolute Gasteiger partial charge is 0.433 e. The first kappa shape index (κ1) is 19.4. The molecule has 4 rings (SSSR count). The van der Waals surface area contributed by atoms with Crippen LogP contribution in [0.3, 0.4) is 0 Å². The summed E-state index contributed by atoms with van der Waals surface area (Å²) in [5.41, 5.74) is 2.36. The van der Waals surface area contributed by atoms with Crippen molar-refractivity contribution in [3.05, 3.63) is 70.4 Å². The van der Waals surface area contributed by atoms with Crippen LogP contribution in [0.2, 0.25) is 0 Å². The van der Waals surface area contributed by atoms with Crippen LogP contribution in [0, 0.1) is 6.92 Å². The molecule has 1 aromatic heterocycles. The maximum Gasteiger partial charge on any atom is 0.433 e. The summed E-state index contributed by atoms with van der Waals surface area (Å²) < 4.78 is 39.9. The van der Waals surface area contributed by atoms with Gasteiger partial charge < -0.3 is 10.4 Å². The Kier molecular flexibility index (Phi) is 4.78. The summed E-state index contributed by atoms with van der Waals surface area (Å²) in [6.07, 6.45) is -4.61. The van der Waals surface area contributed by atoms with E-state index in [2.05, 4.69) is 10.3 Å². The number of fused-ring (bicyclic) bond motifs is 2. The summed E-state index contributed by atoms with van der Waals surface area (Å²) in [5.74, 6) is 0.116. The summed E-state index contributed by atoms with van der Waals surface area (Å²) in [7, 11) is 0. The molecular formula is C22H19F3N2O2. The molecular weight excluding hydrogens is 381 g/mol. The molecule has 1 aliphatic carbocycles. The minimum atomic E-state index is -4.61. The number of aromatic nitrogens is 1. The summed E-state index contributed by atoms with van der Waals surface area (Å²) >= 11 is 0. The lowest BCUT2D eigenvalue weighted by molar-refractivity contribution is -0.141. The molecule has 0 spiro atoms. The number of aliphatic hydroxyl groups is 1. The Balaban J connectivity index is 1.64. The highest BCUT2D eigenvalue weighted by Gasteiger charge is 2.34. The molecule has 1 atom stereocenters. The number of halogens is 3. The molecule has 29 heavy (non-hydrogen) atoms. The molecule has 2 aromatic carbocycles. The number of Topliss-reactive ketones (excluding diaryl/α,β-unsaturated/α-hetero) is 1. The van der Waals surface area contributed by atoms with E-state index in [1.807, 2.05) is 6.07 Å². The molecule has 7 heteroatoms. The molecule has 150 valence electrons. The van der Waals surface area contributed by atoms with Gasteiger partial charge in [-0.1, -0.05) is 18.2 Å². The lowest BCUT2D eigenvalue weighted by Crippen LogP contribution is -2.16. The van der Waals surface area contributed by atoms with Crippen molar-refractivity contribution < 1.29 is 23.1 Å². The van der Waals surface area contributed by atoms with Gasteiger partial charge in [0, 0.05) is 29.6 Å². The van der Waals surface area contributed by atoms with Crippen LogP contribution in [0.5, 0.6) is 0 Å². The number of alkyl halides is 3. The van der Waals surface area contributed by atoms with E-state index >= 15 is 0 Å². The third kappa shape index (κ3) is 3.70. The molecule has 1 aliphatic rings. The van der Waals surface area contributed by atoms with Gasteiger partial charge in [0.2, 0.25) is 0 Å². The SMILES string of the molecule is Cc1cccc2c(C(O)CNc3ccc4c(c3)CCC4=O)cc(C(F)(F)F)nc12. The van der Waals surface area contributed by atoms with Crippen LogP contribution in [0.4, 0.5) is 18.9 Å². The van der Waals surface area contributed by atoms with Crippen LogP contribution in [0.1, 0.15) is 45.3 Å². The molecule has 0 saturated carbocycles. The molecule has 0 saturated heterocycles. The first-order valence-electron chi connectivity index (χ1n) is 9.29. The van der Waals surface area contributed by atoms with Gasteiger partial charge >= 0.3 is 6.18 Å². The predicted molar refractivity (Wildman–Crippen MR) is 104 cm³/mol. The second-order valence-electron chi connectivity index (χ2n) is 7.26. The first-order valence-corrected chi connectivity index (χ1v) is 9.29. The van der Waals surface area contributed by atoms with E-state index in [-0.39, 0.29) is 23.4 Å². The number of nitrogens with zero attached hydrogens (tertiary/aromatic N) is 1. The summed E-state index contributed by atoms with van der Waals surface area (Å²) in [6.45, 7) is 1.72. The summed E-state index contributed by atoms with van der Waals surface area (Å²) in [4.78, 5) is 15.5. The number of carbonyl (C=O) groups is 1. The summed E-state index contributed by atoms with van der Waals surface area (Å²) in [6, 6.07) is 11.3. The van der Waals surface area contributed by atoms with Crippen molar-refractivity contribution in [3.8, 4) is 0 Å².